The van der Waals surface area contributed by atoms with E-state index in [0.717, 1.165) is 25.9 Å². The van der Waals surface area contributed by atoms with E-state index in [2.05, 4.69) is 10.6 Å². The van der Waals surface area contributed by atoms with Crippen molar-refractivity contribution < 1.29 is 14.4 Å². The fourth-order valence-electron chi connectivity index (χ4n) is 3.49. The predicted octanol–water partition coefficient (Wildman–Crippen LogP) is 2.32. The van der Waals surface area contributed by atoms with E-state index in [-0.39, 0.29) is 30.3 Å². The van der Waals surface area contributed by atoms with Crippen molar-refractivity contribution in [3.63, 3.8) is 0 Å². The summed E-state index contributed by atoms with van der Waals surface area (Å²) in [6.07, 6.45) is 3.40. The Morgan fingerprint density at radius 2 is 1.56 bits per heavy atom. The maximum Gasteiger partial charge on any atom is 0.319 e. The maximum atomic E-state index is 12.4. The van der Waals surface area contributed by atoms with E-state index >= 15 is 0 Å². The lowest BCUT2D eigenvalue weighted by atomic mass is 9.96. The minimum atomic E-state index is -0.285. The number of likely N-dealkylation sites (tertiary alicyclic amines) is 2. The number of carbonyl (C=O) groups is 3. The third-order valence-corrected chi connectivity index (χ3v) is 5.32. The molecule has 4 amide bonds. The van der Waals surface area contributed by atoms with Crippen molar-refractivity contribution >= 4 is 35.1 Å². The van der Waals surface area contributed by atoms with Gasteiger partial charge in [0.15, 0.2) is 0 Å². The van der Waals surface area contributed by atoms with Crippen LogP contribution >= 0.6 is 11.6 Å². The summed E-state index contributed by atoms with van der Waals surface area (Å²) >= 11 is 5.81. The molecule has 0 radical (unpaired) electrons. The van der Waals surface area contributed by atoms with Crippen molar-refractivity contribution in [2.75, 3.05) is 38.0 Å². The van der Waals surface area contributed by atoms with Gasteiger partial charge in [0.25, 0.3) is 0 Å². The van der Waals surface area contributed by atoms with Crippen molar-refractivity contribution in [1.82, 2.24) is 15.1 Å². The number of nitrogens with zero attached hydrogens (tertiary/aromatic N) is 2. The van der Waals surface area contributed by atoms with Crippen LogP contribution in [0.5, 0.6) is 0 Å². The van der Waals surface area contributed by atoms with Crippen LogP contribution in [0.15, 0.2) is 24.3 Å². The van der Waals surface area contributed by atoms with Crippen LogP contribution in [0.4, 0.5) is 10.5 Å². The zero-order chi connectivity index (χ0) is 19.2. The van der Waals surface area contributed by atoms with Crippen molar-refractivity contribution in [3.05, 3.63) is 29.3 Å². The van der Waals surface area contributed by atoms with Crippen LogP contribution in [-0.2, 0) is 9.59 Å². The molecule has 0 atom stereocenters. The first kappa shape index (κ1) is 19.5. The number of carbonyl (C=O) groups excluding carboxylic acids is 3. The first-order chi connectivity index (χ1) is 13.0. The first-order valence-corrected chi connectivity index (χ1v) is 9.78. The number of hydrogen-bond acceptors (Lipinski definition) is 3. The smallest absolute Gasteiger partial charge is 0.319 e. The van der Waals surface area contributed by atoms with E-state index in [0.29, 0.717) is 36.6 Å². The molecule has 2 saturated heterocycles. The number of halogens is 1. The molecule has 0 saturated carbocycles. The topological polar surface area (TPSA) is 81.8 Å². The number of amides is 4. The van der Waals surface area contributed by atoms with Gasteiger partial charge in [0, 0.05) is 42.8 Å². The Morgan fingerprint density at radius 1 is 0.963 bits per heavy atom. The van der Waals surface area contributed by atoms with E-state index < -0.39 is 0 Å². The van der Waals surface area contributed by atoms with E-state index in [4.69, 9.17) is 11.6 Å². The lowest BCUT2D eigenvalue weighted by Gasteiger charge is -2.34. The summed E-state index contributed by atoms with van der Waals surface area (Å²) in [6, 6.07) is 6.87. The second-order valence-corrected chi connectivity index (χ2v) is 7.45. The molecule has 0 aromatic heterocycles. The minimum Gasteiger partial charge on any atom is -0.347 e. The van der Waals surface area contributed by atoms with Crippen LogP contribution < -0.4 is 10.6 Å². The lowest BCUT2D eigenvalue weighted by Crippen LogP contribution is -2.48. The molecule has 1 aromatic carbocycles. The van der Waals surface area contributed by atoms with Crippen molar-refractivity contribution in [2.45, 2.75) is 25.7 Å². The van der Waals surface area contributed by atoms with Crippen LogP contribution in [0.3, 0.4) is 0 Å². The predicted molar refractivity (Wildman–Crippen MR) is 104 cm³/mol. The molecule has 146 valence electrons. The van der Waals surface area contributed by atoms with Gasteiger partial charge in [-0.05, 0) is 49.9 Å². The van der Waals surface area contributed by atoms with Gasteiger partial charge in [0.2, 0.25) is 11.8 Å². The molecule has 0 unspecified atom stereocenters. The van der Waals surface area contributed by atoms with Crippen LogP contribution in [0, 0.1) is 5.92 Å². The highest BCUT2D eigenvalue weighted by molar-refractivity contribution is 6.30. The second-order valence-electron chi connectivity index (χ2n) is 7.01. The third-order valence-electron chi connectivity index (χ3n) is 5.06. The van der Waals surface area contributed by atoms with E-state index in [1.165, 1.54) is 0 Å². The molecule has 2 aliphatic rings. The van der Waals surface area contributed by atoms with Gasteiger partial charge in [-0.15, -0.1) is 0 Å². The normalized spacial score (nSPS) is 17.7. The van der Waals surface area contributed by atoms with Crippen LogP contribution in [0.25, 0.3) is 0 Å². The molecule has 2 fully saturated rings. The number of rotatable bonds is 4. The van der Waals surface area contributed by atoms with Crippen LogP contribution in [0.1, 0.15) is 25.7 Å². The standard InChI is InChI=1S/C19H25ClN4O3/c20-15-3-5-16(6-4-15)22-17(25)13-21-18(26)14-7-11-24(12-8-14)19(27)23-9-1-2-10-23/h3-6,14H,1-2,7-13H2,(H,21,26)(H,22,25). The van der Waals surface area contributed by atoms with Crippen molar-refractivity contribution in [1.29, 1.82) is 0 Å². The zero-order valence-electron chi connectivity index (χ0n) is 15.2. The molecule has 2 aliphatic heterocycles. The van der Waals surface area contributed by atoms with E-state index in [1.54, 1.807) is 24.3 Å². The molecule has 2 heterocycles. The first-order valence-electron chi connectivity index (χ1n) is 9.40. The molecule has 27 heavy (non-hydrogen) atoms. The zero-order valence-corrected chi connectivity index (χ0v) is 16.0. The number of hydrogen-bond donors (Lipinski definition) is 2. The highest BCUT2D eigenvalue weighted by atomic mass is 35.5. The Bertz CT molecular complexity index is 681. The monoisotopic (exact) mass is 392 g/mol. The summed E-state index contributed by atoms with van der Waals surface area (Å²) in [7, 11) is 0. The van der Waals surface area contributed by atoms with Gasteiger partial charge in [-0.3, -0.25) is 9.59 Å². The summed E-state index contributed by atoms with van der Waals surface area (Å²) in [5.74, 6) is -0.571. The van der Waals surface area contributed by atoms with E-state index in [9.17, 15) is 14.4 Å². The molecule has 3 rings (SSSR count). The molecule has 0 aliphatic carbocycles. The molecule has 8 heteroatoms. The molecule has 0 bridgehead atoms. The average molecular weight is 393 g/mol. The van der Waals surface area contributed by atoms with Gasteiger partial charge in [-0.2, -0.15) is 0 Å². The quantitative estimate of drug-likeness (QED) is 0.825. The Morgan fingerprint density at radius 3 is 2.19 bits per heavy atom. The maximum absolute atomic E-state index is 12.4. The molecular weight excluding hydrogens is 368 g/mol. The Balaban J connectivity index is 1.38. The molecule has 7 nitrogen and oxygen atoms in total. The van der Waals surface area contributed by atoms with Gasteiger partial charge in [0.1, 0.15) is 0 Å². The Labute approximate surface area is 164 Å². The number of piperidine rings is 1. The van der Waals surface area contributed by atoms with Crippen LogP contribution in [0.2, 0.25) is 5.02 Å². The number of nitrogens with one attached hydrogen (secondary N) is 2. The molecular formula is C19H25ClN4O3. The Hall–Kier alpha value is -2.28. The number of benzene rings is 1. The SMILES string of the molecule is O=C(CNC(=O)C1CCN(C(=O)N2CCCC2)CC1)Nc1ccc(Cl)cc1. The summed E-state index contributed by atoms with van der Waals surface area (Å²) in [5, 5.41) is 6.00. The van der Waals surface area contributed by atoms with Gasteiger partial charge in [-0.1, -0.05) is 11.6 Å². The number of urea groups is 1. The highest BCUT2D eigenvalue weighted by Gasteiger charge is 2.30. The van der Waals surface area contributed by atoms with Crippen molar-refractivity contribution in [2.24, 2.45) is 5.92 Å². The summed E-state index contributed by atoms with van der Waals surface area (Å²) in [4.78, 5) is 40.4. The Kier molecular flexibility index (Phi) is 6.55. The van der Waals surface area contributed by atoms with Gasteiger partial charge in [-0.25, -0.2) is 4.79 Å². The fraction of sp³-hybridized carbons (Fsp3) is 0.526. The third kappa shape index (κ3) is 5.35. The number of anilines is 1. The fourth-order valence-corrected chi connectivity index (χ4v) is 3.62. The van der Waals surface area contributed by atoms with Gasteiger partial charge < -0.3 is 20.4 Å². The molecule has 2 N–H and O–H groups in total. The largest absolute Gasteiger partial charge is 0.347 e. The van der Waals surface area contributed by atoms with Crippen molar-refractivity contribution in [3.8, 4) is 0 Å². The summed E-state index contributed by atoms with van der Waals surface area (Å²) < 4.78 is 0. The molecule has 0 spiro atoms. The highest BCUT2D eigenvalue weighted by Crippen LogP contribution is 2.20. The lowest BCUT2D eigenvalue weighted by molar-refractivity contribution is -0.128. The molecule has 1 aromatic rings. The van der Waals surface area contributed by atoms with Gasteiger partial charge in [0.05, 0.1) is 6.54 Å². The van der Waals surface area contributed by atoms with Gasteiger partial charge >= 0.3 is 6.03 Å². The average Bonchev–Trinajstić information content (AvgIpc) is 3.22. The van der Waals surface area contributed by atoms with E-state index in [1.807, 2.05) is 9.80 Å². The second kappa shape index (κ2) is 9.08. The summed E-state index contributed by atoms with van der Waals surface area (Å²) in [6.45, 7) is 2.77. The van der Waals surface area contributed by atoms with Crippen LogP contribution in [-0.4, -0.2) is 60.4 Å². The summed E-state index contributed by atoms with van der Waals surface area (Å²) in [5.41, 5.74) is 0.632. The minimum absolute atomic E-state index is 0.0750.